The Hall–Kier alpha value is -3.00. The molecule has 2 nitrogen and oxygen atoms in total. The molecule has 0 aliphatic carbocycles. The van der Waals surface area contributed by atoms with Crippen LogP contribution in [-0.4, -0.2) is 11.6 Å². The third-order valence-electron chi connectivity index (χ3n) is 3.75. The van der Waals surface area contributed by atoms with Gasteiger partial charge in [-0.1, -0.05) is 66.7 Å². The van der Waals surface area contributed by atoms with Gasteiger partial charge in [0.1, 0.15) is 0 Å². The van der Waals surface area contributed by atoms with E-state index in [1.165, 1.54) is 6.92 Å². The molecule has 0 unspecified atom stereocenters. The van der Waals surface area contributed by atoms with Gasteiger partial charge in [-0.25, -0.2) is 0 Å². The van der Waals surface area contributed by atoms with Crippen molar-refractivity contribution in [3.8, 4) is 0 Å². The molecule has 112 valence electrons. The van der Waals surface area contributed by atoms with Crippen LogP contribution in [0.1, 0.15) is 22.8 Å². The molecule has 0 saturated heterocycles. The van der Waals surface area contributed by atoms with Crippen LogP contribution in [0.25, 0.3) is 16.8 Å². The summed E-state index contributed by atoms with van der Waals surface area (Å²) in [5.74, 6) is -0.473. The number of hydrogen-bond donors (Lipinski definition) is 0. The molecule has 0 amide bonds. The van der Waals surface area contributed by atoms with Gasteiger partial charge in [-0.15, -0.1) is 0 Å². The lowest BCUT2D eigenvalue weighted by molar-refractivity contribution is -0.113. The third-order valence-corrected chi connectivity index (χ3v) is 3.75. The van der Waals surface area contributed by atoms with Gasteiger partial charge in [0.2, 0.25) is 0 Å². The Bertz CT molecular complexity index is 905. The van der Waals surface area contributed by atoms with Gasteiger partial charge in [0, 0.05) is 5.56 Å². The van der Waals surface area contributed by atoms with Crippen LogP contribution in [0, 0.1) is 0 Å². The molecule has 0 atom stereocenters. The van der Waals surface area contributed by atoms with Gasteiger partial charge < -0.3 is 0 Å². The molecule has 0 bridgehead atoms. The fourth-order valence-electron chi connectivity index (χ4n) is 2.53. The summed E-state index contributed by atoms with van der Waals surface area (Å²) in [6.45, 7) is 1.42. The van der Waals surface area contributed by atoms with Gasteiger partial charge in [-0.2, -0.15) is 0 Å². The first kappa shape index (κ1) is 14.9. The molecular formula is C21H16O2. The van der Waals surface area contributed by atoms with Crippen molar-refractivity contribution in [2.75, 3.05) is 0 Å². The summed E-state index contributed by atoms with van der Waals surface area (Å²) >= 11 is 0. The van der Waals surface area contributed by atoms with Crippen molar-refractivity contribution in [2.24, 2.45) is 0 Å². The number of benzene rings is 3. The quantitative estimate of drug-likeness (QED) is 0.303. The van der Waals surface area contributed by atoms with Crippen molar-refractivity contribution in [2.45, 2.75) is 6.92 Å². The smallest absolute Gasteiger partial charge is 0.196 e. The molecule has 3 rings (SSSR count). The predicted octanol–water partition coefficient (Wildman–Crippen LogP) is 4.70. The molecule has 23 heavy (non-hydrogen) atoms. The van der Waals surface area contributed by atoms with E-state index in [1.807, 2.05) is 66.7 Å². The lowest BCUT2D eigenvalue weighted by Crippen LogP contribution is -2.10. The topological polar surface area (TPSA) is 34.1 Å². The molecule has 0 aromatic heterocycles. The SMILES string of the molecule is CC(=O)/C(=C\c1ccccc1)C(=O)c1ccc2ccccc2c1. The molecule has 2 heteroatoms. The van der Waals surface area contributed by atoms with Crippen LogP contribution in [0.15, 0.2) is 78.4 Å². The van der Waals surface area contributed by atoms with Gasteiger partial charge in [0.25, 0.3) is 0 Å². The van der Waals surface area contributed by atoms with E-state index in [0.29, 0.717) is 5.56 Å². The van der Waals surface area contributed by atoms with Gasteiger partial charge >= 0.3 is 0 Å². The van der Waals surface area contributed by atoms with E-state index in [0.717, 1.165) is 16.3 Å². The van der Waals surface area contributed by atoms with E-state index < -0.39 is 0 Å². The van der Waals surface area contributed by atoms with E-state index in [1.54, 1.807) is 12.1 Å². The van der Waals surface area contributed by atoms with Crippen molar-refractivity contribution in [1.82, 2.24) is 0 Å². The third kappa shape index (κ3) is 3.27. The maximum absolute atomic E-state index is 12.7. The Labute approximate surface area is 135 Å². The molecule has 0 aliphatic rings. The van der Waals surface area contributed by atoms with E-state index in [2.05, 4.69) is 0 Å². The second-order valence-corrected chi connectivity index (χ2v) is 5.42. The summed E-state index contributed by atoms with van der Waals surface area (Å²) in [7, 11) is 0. The van der Waals surface area contributed by atoms with Crippen LogP contribution < -0.4 is 0 Å². The largest absolute Gasteiger partial charge is 0.294 e. The highest BCUT2D eigenvalue weighted by atomic mass is 16.1. The van der Waals surface area contributed by atoms with E-state index in [4.69, 9.17) is 0 Å². The average Bonchev–Trinajstić information content (AvgIpc) is 2.59. The fourth-order valence-corrected chi connectivity index (χ4v) is 2.53. The summed E-state index contributed by atoms with van der Waals surface area (Å²) < 4.78 is 0. The lowest BCUT2D eigenvalue weighted by Gasteiger charge is -2.06. The fraction of sp³-hybridized carbons (Fsp3) is 0.0476. The molecule has 0 heterocycles. The summed E-state index contributed by atoms with van der Waals surface area (Å²) in [5, 5.41) is 2.06. The maximum Gasteiger partial charge on any atom is 0.196 e. The summed E-state index contributed by atoms with van der Waals surface area (Å²) in [4.78, 5) is 24.7. The van der Waals surface area contributed by atoms with Crippen LogP contribution in [0.5, 0.6) is 0 Å². The summed E-state index contributed by atoms with van der Waals surface area (Å²) in [6, 6.07) is 22.8. The Morgan fingerprint density at radius 2 is 1.43 bits per heavy atom. The number of rotatable bonds is 4. The molecule has 0 radical (unpaired) electrons. The first-order chi connectivity index (χ1) is 11.1. The monoisotopic (exact) mass is 300 g/mol. The molecule has 3 aromatic rings. The highest BCUT2D eigenvalue weighted by molar-refractivity contribution is 6.28. The Kier molecular flexibility index (Phi) is 4.15. The zero-order chi connectivity index (χ0) is 16.2. The first-order valence-corrected chi connectivity index (χ1v) is 7.46. The second kappa shape index (κ2) is 6.41. The van der Waals surface area contributed by atoms with Crippen LogP contribution in [-0.2, 0) is 4.79 Å². The highest BCUT2D eigenvalue weighted by Crippen LogP contribution is 2.19. The van der Waals surface area contributed by atoms with Gasteiger partial charge in [-0.3, -0.25) is 9.59 Å². The minimum Gasteiger partial charge on any atom is -0.294 e. The minimum atomic E-state index is -0.243. The van der Waals surface area contributed by atoms with Crippen LogP contribution >= 0.6 is 0 Å². The molecule has 3 aromatic carbocycles. The Morgan fingerprint density at radius 1 is 0.783 bits per heavy atom. The molecule has 0 fully saturated rings. The van der Waals surface area contributed by atoms with Crippen molar-refractivity contribution >= 4 is 28.4 Å². The molecule has 0 aliphatic heterocycles. The zero-order valence-corrected chi connectivity index (χ0v) is 12.8. The second-order valence-electron chi connectivity index (χ2n) is 5.42. The van der Waals surface area contributed by atoms with E-state index in [-0.39, 0.29) is 17.1 Å². The number of carbonyl (C=O) groups excluding carboxylic acids is 2. The van der Waals surface area contributed by atoms with E-state index in [9.17, 15) is 9.59 Å². The number of ketones is 2. The Morgan fingerprint density at radius 3 is 2.13 bits per heavy atom. The molecule has 0 saturated carbocycles. The van der Waals surface area contributed by atoms with Crippen molar-refractivity contribution in [1.29, 1.82) is 0 Å². The highest BCUT2D eigenvalue weighted by Gasteiger charge is 2.16. The first-order valence-electron chi connectivity index (χ1n) is 7.46. The van der Waals surface area contributed by atoms with Crippen LogP contribution in [0.2, 0.25) is 0 Å². The number of Topliss-reactive ketones (excluding diaryl/α,β-unsaturated/α-hetero) is 2. The summed E-state index contributed by atoms with van der Waals surface area (Å²) in [5.41, 5.74) is 1.57. The minimum absolute atomic E-state index is 0.200. The van der Waals surface area contributed by atoms with Gasteiger partial charge in [0.05, 0.1) is 5.57 Å². The molecule has 0 spiro atoms. The average molecular weight is 300 g/mol. The van der Waals surface area contributed by atoms with Crippen LogP contribution in [0.3, 0.4) is 0 Å². The standard InChI is InChI=1S/C21H16O2/c1-15(22)20(13-16-7-3-2-4-8-16)21(23)19-12-11-17-9-5-6-10-18(17)14-19/h2-14H,1H3/b20-13+. The number of allylic oxidation sites excluding steroid dienone is 1. The molecule has 0 N–H and O–H groups in total. The van der Waals surface area contributed by atoms with Crippen LogP contribution in [0.4, 0.5) is 0 Å². The number of hydrogen-bond acceptors (Lipinski definition) is 2. The predicted molar refractivity (Wildman–Crippen MR) is 93.4 cm³/mol. The summed E-state index contributed by atoms with van der Waals surface area (Å²) in [6.07, 6.45) is 1.65. The Balaban J connectivity index is 2.03. The number of fused-ring (bicyclic) bond motifs is 1. The van der Waals surface area contributed by atoms with Gasteiger partial charge in [-0.05, 0) is 35.4 Å². The zero-order valence-electron chi connectivity index (χ0n) is 12.8. The number of carbonyl (C=O) groups is 2. The normalized spacial score (nSPS) is 11.4. The van der Waals surface area contributed by atoms with Crippen molar-refractivity contribution < 1.29 is 9.59 Å². The van der Waals surface area contributed by atoms with Gasteiger partial charge in [0.15, 0.2) is 11.6 Å². The van der Waals surface area contributed by atoms with Crippen molar-refractivity contribution in [3.63, 3.8) is 0 Å². The molecular weight excluding hydrogens is 284 g/mol. The maximum atomic E-state index is 12.7. The van der Waals surface area contributed by atoms with E-state index >= 15 is 0 Å². The lowest BCUT2D eigenvalue weighted by atomic mass is 9.96. The van der Waals surface area contributed by atoms with Crippen molar-refractivity contribution in [3.05, 3.63) is 89.5 Å².